The van der Waals surface area contributed by atoms with Crippen molar-refractivity contribution in [2.75, 3.05) is 13.7 Å². The lowest BCUT2D eigenvalue weighted by Crippen LogP contribution is -2.24. The third kappa shape index (κ3) is 4.03. The van der Waals surface area contributed by atoms with Gasteiger partial charge in [0.2, 0.25) is 5.89 Å². The van der Waals surface area contributed by atoms with E-state index in [1.54, 1.807) is 7.11 Å². The van der Waals surface area contributed by atoms with Crippen molar-refractivity contribution < 1.29 is 9.26 Å². The van der Waals surface area contributed by atoms with Gasteiger partial charge in [0.05, 0.1) is 12.5 Å². The highest BCUT2D eigenvalue weighted by atomic mass is 16.5. The van der Waals surface area contributed by atoms with E-state index >= 15 is 0 Å². The van der Waals surface area contributed by atoms with Crippen molar-refractivity contribution in [2.45, 2.75) is 63.9 Å². The van der Waals surface area contributed by atoms with Gasteiger partial charge >= 0.3 is 0 Å². The molecule has 0 aliphatic heterocycles. The van der Waals surface area contributed by atoms with Gasteiger partial charge in [-0.3, -0.25) is 0 Å². The zero-order valence-corrected chi connectivity index (χ0v) is 12.7. The minimum absolute atomic E-state index is 0.0383. The summed E-state index contributed by atoms with van der Waals surface area (Å²) in [5.74, 6) is 2.90. The Hall–Kier alpha value is -0.940. The lowest BCUT2D eigenvalue weighted by molar-refractivity contribution is 0.102. The second kappa shape index (κ2) is 7.74. The number of aromatic nitrogens is 2. The summed E-state index contributed by atoms with van der Waals surface area (Å²) in [4.78, 5) is 4.53. The summed E-state index contributed by atoms with van der Waals surface area (Å²) in [5, 5.41) is 4.15. The van der Waals surface area contributed by atoms with Crippen LogP contribution in [0.4, 0.5) is 0 Å². The third-order valence-corrected chi connectivity index (χ3v) is 4.39. The number of methoxy groups -OCH3 is 1. The molecule has 2 N–H and O–H groups in total. The molecular formula is C15H27N3O2. The van der Waals surface area contributed by atoms with Gasteiger partial charge in [0.1, 0.15) is 0 Å². The smallest absolute Gasteiger partial charge is 0.229 e. The maximum Gasteiger partial charge on any atom is 0.229 e. The monoisotopic (exact) mass is 281 g/mol. The molecule has 1 aromatic rings. The Labute approximate surface area is 121 Å². The molecule has 114 valence electrons. The Morgan fingerprint density at radius 3 is 2.70 bits per heavy atom. The summed E-state index contributed by atoms with van der Waals surface area (Å²) < 4.78 is 10.6. The molecule has 1 atom stereocenters. The molecule has 1 unspecified atom stereocenters. The molecule has 0 spiro atoms. The van der Waals surface area contributed by atoms with E-state index in [2.05, 4.69) is 17.1 Å². The molecule has 0 amide bonds. The van der Waals surface area contributed by atoms with Gasteiger partial charge in [0.25, 0.3) is 0 Å². The van der Waals surface area contributed by atoms with Crippen molar-refractivity contribution >= 4 is 0 Å². The Bertz CT molecular complexity index is 382. The summed E-state index contributed by atoms with van der Waals surface area (Å²) in [5.41, 5.74) is 5.61. The van der Waals surface area contributed by atoms with E-state index in [9.17, 15) is 0 Å². The Morgan fingerprint density at radius 1 is 1.35 bits per heavy atom. The number of hydrogen-bond donors (Lipinski definition) is 1. The first-order valence-electron chi connectivity index (χ1n) is 7.82. The molecule has 1 heterocycles. The molecule has 20 heavy (non-hydrogen) atoms. The van der Waals surface area contributed by atoms with Gasteiger partial charge in [-0.1, -0.05) is 24.9 Å². The number of nitrogens with zero attached hydrogens (tertiary/aromatic N) is 2. The van der Waals surface area contributed by atoms with Crippen molar-refractivity contribution in [2.24, 2.45) is 11.7 Å². The van der Waals surface area contributed by atoms with Gasteiger partial charge in [0.15, 0.2) is 5.82 Å². The fourth-order valence-electron chi connectivity index (χ4n) is 3.09. The molecule has 2 rings (SSSR count). The summed E-state index contributed by atoms with van der Waals surface area (Å²) in [6, 6.07) is 0. The van der Waals surface area contributed by atoms with Crippen LogP contribution in [-0.4, -0.2) is 29.9 Å². The summed E-state index contributed by atoms with van der Waals surface area (Å²) in [6.07, 6.45) is 8.18. The van der Waals surface area contributed by atoms with E-state index < -0.39 is 0 Å². The summed E-state index contributed by atoms with van der Waals surface area (Å²) in [7, 11) is 1.66. The van der Waals surface area contributed by atoms with Gasteiger partial charge in [-0.15, -0.1) is 0 Å². The van der Waals surface area contributed by atoms with Crippen LogP contribution in [0.3, 0.4) is 0 Å². The second-order valence-electron chi connectivity index (χ2n) is 5.85. The first kappa shape index (κ1) is 15.4. The van der Waals surface area contributed by atoms with E-state index in [4.69, 9.17) is 15.0 Å². The predicted molar refractivity (Wildman–Crippen MR) is 77.5 cm³/mol. The largest absolute Gasteiger partial charge is 0.380 e. The minimum atomic E-state index is -0.0383. The van der Waals surface area contributed by atoms with E-state index in [0.717, 1.165) is 11.7 Å². The van der Waals surface area contributed by atoms with Crippen LogP contribution in [0.1, 0.15) is 63.1 Å². The molecule has 1 saturated carbocycles. The van der Waals surface area contributed by atoms with Crippen molar-refractivity contribution in [1.82, 2.24) is 10.1 Å². The zero-order valence-electron chi connectivity index (χ0n) is 12.7. The van der Waals surface area contributed by atoms with Crippen molar-refractivity contribution in [3.05, 3.63) is 11.7 Å². The topological polar surface area (TPSA) is 74.2 Å². The minimum Gasteiger partial charge on any atom is -0.380 e. The highest BCUT2D eigenvalue weighted by Crippen LogP contribution is 2.36. The van der Waals surface area contributed by atoms with Gasteiger partial charge in [-0.25, -0.2) is 0 Å². The summed E-state index contributed by atoms with van der Waals surface area (Å²) in [6.45, 7) is 2.73. The van der Waals surface area contributed by atoms with E-state index in [0.29, 0.717) is 24.8 Å². The van der Waals surface area contributed by atoms with Gasteiger partial charge in [0, 0.05) is 19.6 Å². The highest BCUT2D eigenvalue weighted by molar-refractivity contribution is 4.98. The second-order valence-corrected chi connectivity index (χ2v) is 5.85. The molecule has 1 fully saturated rings. The van der Waals surface area contributed by atoms with Crippen molar-refractivity contribution in [1.29, 1.82) is 0 Å². The van der Waals surface area contributed by atoms with Crippen LogP contribution < -0.4 is 5.73 Å². The third-order valence-electron chi connectivity index (χ3n) is 4.39. The molecule has 5 nitrogen and oxygen atoms in total. The first-order chi connectivity index (χ1) is 9.76. The molecule has 1 aliphatic carbocycles. The number of hydrogen-bond acceptors (Lipinski definition) is 5. The maximum atomic E-state index is 5.61. The molecule has 0 bridgehead atoms. The van der Waals surface area contributed by atoms with Crippen LogP contribution in [0.2, 0.25) is 0 Å². The zero-order chi connectivity index (χ0) is 14.4. The average Bonchev–Trinajstić information content (AvgIpc) is 2.94. The Morgan fingerprint density at radius 2 is 2.10 bits per heavy atom. The van der Waals surface area contributed by atoms with E-state index in [-0.39, 0.29) is 6.10 Å². The van der Waals surface area contributed by atoms with Crippen molar-refractivity contribution in [3.8, 4) is 0 Å². The number of ether oxygens (including phenoxy) is 1. The lowest BCUT2D eigenvalue weighted by Gasteiger charge is -2.26. The highest BCUT2D eigenvalue weighted by Gasteiger charge is 2.25. The maximum absolute atomic E-state index is 5.61. The fraction of sp³-hybridized carbons (Fsp3) is 0.867. The first-order valence-corrected chi connectivity index (χ1v) is 7.82. The molecule has 0 aromatic carbocycles. The predicted octanol–water partition coefficient (Wildman–Crippen LogP) is 2.66. The number of rotatable bonds is 7. The molecule has 0 radical (unpaired) electrons. The van der Waals surface area contributed by atoms with Crippen LogP contribution in [0.5, 0.6) is 0 Å². The molecule has 1 aromatic heterocycles. The Balaban J connectivity index is 1.86. The lowest BCUT2D eigenvalue weighted by atomic mass is 9.80. The quantitative estimate of drug-likeness (QED) is 0.831. The van der Waals surface area contributed by atoms with Gasteiger partial charge < -0.3 is 15.0 Å². The molecule has 0 saturated heterocycles. The van der Waals surface area contributed by atoms with Crippen LogP contribution in [-0.2, 0) is 11.2 Å². The SMILES string of the molecule is CCCC1CCC(c2noc(CC(CN)OC)n2)CC1. The van der Waals surface area contributed by atoms with Crippen LogP contribution in [0.15, 0.2) is 4.52 Å². The average molecular weight is 281 g/mol. The molecule has 5 heteroatoms. The number of nitrogens with two attached hydrogens (primary N) is 1. The summed E-state index contributed by atoms with van der Waals surface area (Å²) >= 11 is 0. The van der Waals surface area contributed by atoms with E-state index in [1.165, 1.54) is 38.5 Å². The van der Waals surface area contributed by atoms with Crippen LogP contribution >= 0.6 is 0 Å². The van der Waals surface area contributed by atoms with Crippen LogP contribution in [0, 0.1) is 5.92 Å². The van der Waals surface area contributed by atoms with E-state index in [1.807, 2.05) is 0 Å². The van der Waals surface area contributed by atoms with Gasteiger partial charge in [-0.2, -0.15) is 4.98 Å². The molecule has 1 aliphatic rings. The fourth-order valence-corrected chi connectivity index (χ4v) is 3.09. The van der Waals surface area contributed by atoms with Crippen LogP contribution in [0.25, 0.3) is 0 Å². The standard InChI is InChI=1S/C15H27N3O2/c1-3-4-11-5-7-12(8-6-11)15-17-14(20-18-15)9-13(10-16)19-2/h11-13H,3-10,16H2,1-2H3. The van der Waals surface area contributed by atoms with Gasteiger partial charge in [-0.05, 0) is 31.6 Å². The molecular weight excluding hydrogens is 254 g/mol. The normalized spacial score (nSPS) is 24.8. The Kier molecular flexibility index (Phi) is 5.98. The van der Waals surface area contributed by atoms with Crippen molar-refractivity contribution in [3.63, 3.8) is 0 Å².